The van der Waals surface area contributed by atoms with Crippen LogP contribution in [0, 0.1) is 5.82 Å². The molecule has 0 heterocycles. The lowest BCUT2D eigenvalue weighted by Crippen LogP contribution is -1.85. The first-order chi connectivity index (χ1) is 5.75. The summed E-state index contributed by atoms with van der Waals surface area (Å²) >= 11 is 0. The monoisotopic (exact) mass is 167 g/mol. The number of phenols is 1. The molecule has 0 saturated heterocycles. The van der Waals surface area contributed by atoms with Crippen molar-refractivity contribution >= 4 is 6.08 Å². The Balaban J connectivity index is 2.99. The van der Waals surface area contributed by atoms with Crippen LogP contribution in [-0.2, 0) is 11.3 Å². The molecule has 0 saturated carbocycles. The molecule has 1 aromatic carbocycles. The minimum atomic E-state index is -0.714. The number of rotatable bonds is 2. The van der Waals surface area contributed by atoms with Gasteiger partial charge in [-0.05, 0) is 6.07 Å². The van der Waals surface area contributed by atoms with Crippen molar-refractivity contribution in [3.63, 3.8) is 0 Å². The molecule has 4 heteroatoms. The van der Waals surface area contributed by atoms with Gasteiger partial charge in [-0.2, -0.15) is 0 Å². The van der Waals surface area contributed by atoms with E-state index >= 15 is 0 Å². The van der Waals surface area contributed by atoms with Gasteiger partial charge in [-0.15, -0.1) is 0 Å². The zero-order valence-electron chi connectivity index (χ0n) is 6.12. The van der Waals surface area contributed by atoms with Crippen molar-refractivity contribution in [1.82, 2.24) is 0 Å². The zero-order valence-corrected chi connectivity index (χ0v) is 6.12. The standard InChI is InChI=1S/C8H6FNO2/c9-7-3-1-2-6(8(7)12)4-10-5-11/h1-3,12H,4H2. The quantitative estimate of drug-likeness (QED) is 0.534. The van der Waals surface area contributed by atoms with Gasteiger partial charge in [0, 0.05) is 5.56 Å². The predicted octanol–water partition coefficient (Wildman–Crippen LogP) is 1.37. The Morgan fingerprint density at radius 2 is 2.33 bits per heavy atom. The highest BCUT2D eigenvalue weighted by molar-refractivity contribution is 5.37. The lowest BCUT2D eigenvalue weighted by atomic mass is 10.2. The zero-order chi connectivity index (χ0) is 8.97. The molecular formula is C8H6FNO2. The molecule has 0 fully saturated rings. The number of isocyanates is 1. The van der Waals surface area contributed by atoms with E-state index in [4.69, 9.17) is 5.11 Å². The number of halogens is 1. The number of phenolic OH excluding ortho intramolecular Hbond substituents is 1. The Hall–Kier alpha value is -1.67. The van der Waals surface area contributed by atoms with Crippen molar-refractivity contribution in [3.05, 3.63) is 29.6 Å². The first-order valence-corrected chi connectivity index (χ1v) is 3.25. The molecule has 0 spiro atoms. The van der Waals surface area contributed by atoms with Crippen LogP contribution in [0.25, 0.3) is 0 Å². The summed E-state index contributed by atoms with van der Waals surface area (Å²) < 4.78 is 12.6. The normalized spacial score (nSPS) is 9.08. The Morgan fingerprint density at radius 1 is 1.58 bits per heavy atom. The second-order valence-electron chi connectivity index (χ2n) is 2.16. The number of carbonyl (C=O) groups excluding carboxylic acids is 1. The first kappa shape index (κ1) is 8.43. The fourth-order valence-electron chi connectivity index (χ4n) is 0.805. The van der Waals surface area contributed by atoms with Gasteiger partial charge in [0.2, 0.25) is 6.08 Å². The van der Waals surface area contributed by atoms with E-state index in [1.807, 2.05) is 0 Å². The van der Waals surface area contributed by atoms with E-state index in [9.17, 15) is 9.18 Å². The topological polar surface area (TPSA) is 49.7 Å². The average molecular weight is 167 g/mol. The van der Waals surface area contributed by atoms with Crippen molar-refractivity contribution in [2.75, 3.05) is 0 Å². The second kappa shape index (κ2) is 3.64. The minimum absolute atomic E-state index is 0.0485. The summed E-state index contributed by atoms with van der Waals surface area (Å²) in [6.45, 7) is -0.0485. The van der Waals surface area contributed by atoms with Crippen LogP contribution in [0.15, 0.2) is 23.2 Å². The van der Waals surface area contributed by atoms with E-state index < -0.39 is 11.6 Å². The molecule has 0 atom stereocenters. The molecule has 0 amide bonds. The van der Waals surface area contributed by atoms with Crippen LogP contribution in [0.4, 0.5) is 4.39 Å². The first-order valence-electron chi connectivity index (χ1n) is 3.25. The van der Waals surface area contributed by atoms with Crippen molar-refractivity contribution in [2.24, 2.45) is 4.99 Å². The van der Waals surface area contributed by atoms with Crippen LogP contribution in [0.1, 0.15) is 5.56 Å². The summed E-state index contributed by atoms with van der Waals surface area (Å²) in [5.41, 5.74) is 0.276. The van der Waals surface area contributed by atoms with Gasteiger partial charge in [-0.25, -0.2) is 14.2 Å². The molecular weight excluding hydrogens is 161 g/mol. The van der Waals surface area contributed by atoms with Crippen LogP contribution in [0.5, 0.6) is 5.75 Å². The van der Waals surface area contributed by atoms with E-state index in [0.29, 0.717) is 0 Å². The predicted molar refractivity (Wildman–Crippen MR) is 39.9 cm³/mol. The molecule has 0 aromatic heterocycles. The van der Waals surface area contributed by atoms with E-state index in [2.05, 4.69) is 4.99 Å². The molecule has 0 bridgehead atoms. The maximum absolute atomic E-state index is 12.6. The summed E-state index contributed by atoms with van der Waals surface area (Å²) in [4.78, 5) is 12.9. The van der Waals surface area contributed by atoms with Gasteiger partial charge in [0.1, 0.15) is 0 Å². The third-order valence-corrected chi connectivity index (χ3v) is 1.38. The number of para-hydroxylation sites is 1. The van der Waals surface area contributed by atoms with Gasteiger partial charge in [-0.3, -0.25) is 0 Å². The van der Waals surface area contributed by atoms with Crippen LogP contribution in [0.2, 0.25) is 0 Å². The molecule has 0 radical (unpaired) electrons. The lowest BCUT2D eigenvalue weighted by Gasteiger charge is -1.99. The molecule has 0 unspecified atom stereocenters. The van der Waals surface area contributed by atoms with Gasteiger partial charge in [0.25, 0.3) is 0 Å². The fourth-order valence-corrected chi connectivity index (χ4v) is 0.805. The molecule has 1 N–H and O–H groups in total. The number of aliphatic imine (C=N–C) groups is 1. The van der Waals surface area contributed by atoms with Gasteiger partial charge >= 0.3 is 0 Å². The number of nitrogens with zero attached hydrogens (tertiary/aromatic N) is 1. The summed E-state index contributed by atoms with van der Waals surface area (Å²) in [5.74, 6) is -1.18. The van der Waals surface area contributed by atoms with E-state index in [-0.39, 0.29) is 12.1 Å². The van der Waals surface area contributed by atoms with Crippen LogP contribution in [-0.4, -0.2) is 11.2 Å². The Kier molecular flexibility index (Phi) is 2.56. The lowest BCUT2D eigenvalue weighted by molar-refractivity contribution is 0.426. The molecule has 1 rings (SSSR count). The smallest absolute Gasteiger partial charge is 0.235 e. The van der Waals surface area contributed by atoms with E-state index in [1.54, 1.807) is 0 Å². The fraction of sp³-hybridized carbons (Fsp3) is 0.125. The molecule has 3 nitrogen and oxygen atoms in total. The SMILES string of the molecule is O=C=NCc1cccc(F)c1O. The highest BCUT2D eigenvalue weighted by atomic mass is 19.1. The highest BCUT2D eigenvalue weighted by Gasteiger charge is 2.04. The maximum Gasteiger partial charge on any atom is 0.235 e. The second-order valence-corrected chi connectivity index (χ2v) is 2.16. The largest absolute Gasteiger partial charge is 0.505 e. The Bertz CT molecular complexity index is 332. The average Bonchev–Trinajstić information content (AvgIpc) is 2.08. The molecule has 0 aliphatic rings. The molecule has 62 valence electrons. The Morgan fingerprint density at radius 3 is 3.00 bits per heavy atom. The summed E-state index contributed by atoms with van der Waals surface area (Å²) in [6, 6.07) is 4.05. The number of hydrogen-bond acceptors (Lipinski definition) is 3. The molecule has 0 aliphatic carbocycles. The Labute approximate surface area is 68.2 Å². The van der Waals surface area contributed by atoms with Crippen molar-refractivity contribution in [3.8, 4) is 5.75 Å². The number of hydrogen-bond donors (Lipinski definition) is 1. The van der Waals surface area contributed by atoms with Gasteiger partial charge in [0.05, 0.1) is 6.54 Å². The van der Waals surface area contributed by atoms with Crippen molar-refractivity contribution in [2.45, 2.75) is 6.54 Å². The molecule has 0 aliphatic heterocycles. The van der Waals surface area contributed by atoms with Crippen LogP contribution >= 0.6 is 0 Å². The van der Waals surface area contributed by atoms with E-state index in [0.717, 1.165) is 6.07 Å². The third-order valence-electron chi connectivity index (χ3n) is 1.38. The highest BCUT2D eigenvalue weighted by Crippen LogP contribution is 2.20. The van der Waals surface area contributed by atoms with Gasteiger partial charge < -0.3 is 5.11 Å². The molecule has 1 aromatic rings. The number of benzene rings is 1. The summed E-state index contributed by atoms with van der Waals surface area (Å²) in [6.07, 6.45) is 1.30. The van der Waals surface area contributed by atoms with Crippen LogP contribution in [0.3, 0.4) is 0 Å². The summed E-state index contributed by atoms with van der Waals surface area (Å²) in [7, 11) is 0. The number of aromatic hydroxyl groups is 1. The van der Waals surface area contributed by atoms with Gasteiger partial charge in [0.15, 0.2) is 11.6 Å². The van der Waals surface area contributed by atoms with Crippen LogP contribution < -0.4 is 0 Å². The summed E-state index contributed by atoms with van der Waals surface area (Å²) in [5, 5.41) is 9.06. The minimum Gasteiger partial charge on any atom is -0.505 e. The maximum atomic E-state index is 12.6. The molecule has 12 heavy (non-hydrogen) atoms. The van der Waals surface area contributed by atoms with Crippen molar-refractivity contribution < 1.29 is 14.3 Å². The third kappa shape index (κ3) is 1.68. The van der Waals surface area contributed by atoms with E-state index in [1.165, 1.54) is 18.2 Å². The van der Waals surface area contributed by atoms with Gasteiger partial charge in [-0.1, -0.05) is 12.1 Å². The van der Waals surface area contributed by atoms with Crippen molar-refractivity contribution in [1.29, 1.82) is 0 Å².